The summed E-state index contributed by atoms with van der Waals surface area (Å²) in [5.74, 6) is -2.26. The normalized spacial score (nSPS) is 10.1. The zero-order chi connectivity index (χ0) is 14.7. The summed E-state index contributed by atoms with van der Waals surface area (Å²) >= 11 is 1.26. The number of carbonyl (C=O) groups excluding carboxylic acids is 1. The maximum absolute atomic E-state index is 13.2. The predicted molar refractivity (Wildman–Crippen MR) is 72.9 cm³/mol. The van der Waals surface area contributed by atoms with Crippen LogP contribution in [-0.4, -0.2) is 22.1 Å². The Labute approximate surface area is 117 Å². The van der Waals surface area contributed by atoms with Crippen LogP contribution in [0.4, 0.5) is 20.0 Å². The van der Waals surface area contributed by atoms with E-state index in [0.717, 1.165) is 17.8 Å². The van der Waals surface area contributed by atoms with Crippen molar-refractivity contribution < 1.29 is 19.1 Å². The van der Waals surface area contributed by atoms with Crippen LogP contribution in [0.1, 0.15) is 16.1 Å². The lowest BCUT2D eigenvalue weighted by atomic mass is 10.2. The third-order valence-electron chi connectivity index (χ3n) is 2.29. The summed E-state index contributed by atoms with van der Waals surface area (Å²) in [6.07, 6.45) is 0. The summed E-state index contributed by atoms with van der Waals surface area (Å²) in [4.78, 5) is 26.5. The minimum atomic E-state index is -1.40. The van der Waals surface area contributed by atoms with Crippen LogP contribution in [0.3, 0.4) is 0 Å². The molecule has 0 aliphatic carbocycles. The summed E-state index contributed by atoms with van der Waals surface area (Å²) in [6, 6.07) is 2.72. The number of hydrogen-bond acceptors (Lipinski definition) is 4. The van der Waals surface area contributed by atoms with Gasteiger partial charge in [-0.1, -0.05) is 0 Å². The Hall–Kier alpha value is -2.48. The maximum atomic E-state index is 13.2. The van der Waals surface area contributed by atoms with E-state index in [4.69, 9.17) is 5.11 Å². The van der Waals surface area contributed by atoms with Gasteiger partial charge in [-0.2, -0.15) is 0 Å². The fraction of sp³-hybridized carbons (Fsp3) is 0.0833. The Kier molecular flexibility index (Phi) is 3.94. The Balaban J connectivity index is 2.08. The quantitative estimate of drug-likeness (QED) is 0.812. The van der Waals surface area contributed by atoms with Crippen molar-refractivity contribution in [3.8, 4) is 0 Å². The number of rotatable bonds is 3. The van der Waals surface area contributed by atoms with Crippen LogP contribution in [0.5, 0.6) is 0 Å². The predicted octanol–water partition coefficient (Wildman–Crippen LogP) is 2.93. The van der Waals surface area contributed by atoms with Gasteiger partial charge in [-0.3, -0.25) is 5.32 Å². The SMILES string of the molecule is Cc1csc(NC(=O)Nc2ccc(F)c(C(=O)O)c2)n1. The van der Waals surface area contributed by atoms with Crippen molar-refractivity contribution in [2.75, 3.05) is 10.6 Å². The molecule has 0 atom stereocenters. The third kappa shape index (κ3) is 3.29. The van der Waals surface area contributed by atoms with Crippen LogP contribution >= 0.6 is 11.3 Å². The maximum Gasteiger partial charge on any atom is 0.338 e. The number of carbonyl (C=O) groups is 2. The van der Waals surface area contributed by atoms with Crippen molar-refractivity contribution in [1.29, 1.82) is 0 Å². The molecular weight excluding hydrogens is 285 g/mol. The van der Waals surface area contributed by atoms with Gasteiger partial charge in [0.2, 0.25) is 0 Å². The van der Waals surface area contributed by atoms with E-state index in [9.17, 15) is 14.0 Å². The van der Waals surface area contributed by atoms with E-state index < -0.39 is 23.4 Å². The molecule has 2 aromatic rings. The van der Waals surface area contributed by atoms with Gasteiger partial charge in [-0.05, 0) is 25.1 Å². The Bertz CT molecular complexity index is 672. The number of amides is 2. The molecule has 8 heteroatoms. The number of carboxylic acid groups (broad SMARTS) is 1. The third-order valence-corrected chi connectivity index (χ3v) is 3.17. The minimum Gasteiger partial charge on any atom is -0.478 e. The fourth-order valence-electron chi connectivity index (χ4n) is 1.44. The van der Waals surface area contributed by atoms with E-state index in [2.05, 4.69) is 15.6 Å². The van der Waals surface area contributed by atoms with Crippen molar-refractivity contribution in [2.45, 2.75) is 6.92 Å². The minimum absolute atomic E-state index is 0.176. The number of nitrogens with one attached hydrogen (secondary N) is 2. The first-order valence-corrected chi connectivity index (χ1v) is 6.36. The number of nitrogens with zero attached hydrogens (tertiary/aromatic N) is 1. The molecule has 6 nitrogen and oxygen atoms in total. The molecule has 0 aliphatic rings. The first kappa shape index (κ1) is 13.9. The molecule has 1 aromatic heterocycles. The van der Waals surface area contributed by atoms with Gasteiger partial charge in [0, 0.05) is 11.1 Å². The standard InChI is InChI=1S/C12H10FN3O3S/c1-6-5-20-12(14-6)16-11(19)15-7-2-3-9(13)8(4-7)10(17)18/h2-5H,1H3,(H,17,18)(H2,14,15,16,19). The number of hydrogen-bond donors (Lipinski definition) is 3. The Morgan fingerprint density at radius 1 is 1.35 bits per heavy atom. The highest BCUT2D eigenvalue weighted by Crippen LogP contribution is 2.17. The van der Waals surface area contributed by atoms with E-state index in [1.807, 2.05) is 0 Å². The second-order valence-electron chi connectivity index (χ2n) is 3.87. The number of aromatic nitrogens is 1. The molecule has 0 aliphatic heterocycles. The second kappa shape index (κ2) is 5.66. The lowest BCUT2D eigenvalue weighted by Gasteiger charge is -2.06. The number of anilines is 2. The van der Waals surface area contributed by atoms with Crippen LogP contribution in [0.2, 0.25) is 0 Å². The van der Waals surface area contributed by atoms with Gasteiger partial charge >= 0.3 is 12.0 Å². The molecule has 2 rings (SSSR count). The van der Waals surface area contributed by atoms with E-state index >= 15 is 0 Å². The number of carboxylic acids is 1. The Morgan fingerprint density at radius 3 is 2.70 bits per heavy atom. The van der Waals surface area contributed by atoms with Crippen LogP contribution in [0.15, 0.2) is 23.6 Å². The Morgan fingerprint density at radius 2 is 2.10 bits per heavy atom. The molecule has 2 amide bonds. The molecule has 20 heavy (non-hydrogen) atoms. The number of benzene rings is 1. The molecule has 0 bridgehead atoms. The zero-order valence-electron chi connectivity index (χ0n) is 10.3. The first-order chi connectivity index (χ1) is 9.45. The molecule has 0 radical (unpaired) electrons. The summed E-state index contributed by atoms with van der Waals surface area (Å²) in [5, 5.41) is 15.9. The molecular formula is C12H10FN3O3S. The van der Waals surface area contributed by atoms with Crippen molar-refractivity contribution in [2.24, 2.45) is 0 Å². The molecule has 0 spiro atoms. The molecule has 3 N–H and O–H groups in total. The molecule has 0 saturated heterocycles. The van der Waals surface area contributed by atoms with Gasteiger partial charge in [0.05, 0.1) is 11.3 Å². The molecule has 0 fully saturated rings. The lowest BCUT2D eigenvalue weighted by molar-refractivity contribution is 0.0692. The van der Waals surface area contributed by atoms with Gasteiger partial charge in [0.25, 0.3) is 0 Å². The van der Waals surface area contributed by atoms with Crippen molar-refractivity contribution in [3.63, 3.8) is 0 Å². The fourth-order valence-corrected chi connectivity index (χ4v) is 2.12. The van der Waals surface area contributed by atoms with Crippen molar-refractivity contribution in [3.05, 3.63) is 40.7 Å². The monoisotopic (exact) mass is 295 g/mol. The second-order valence-corrected chi connectivity index (χ2v) is 4.73. The number of thiazole rings is 1. The van der Waals surface area contributed by atoms with E-state index in [0.29, 0.717) is 5.13 Å². The van der Waals surface area contributed by atoms with Gasteiger partial charge in [-0.25, -0.2) is 19.0 Å². The highest BCUT2D eigenvalue weighted by Gasteiger charge is 2.12. The zero-order valence-corrected chi connectivity index (χ0v) is 11.1. The lowest BCUT2D eigenvalue weighted by Crippen LogP contribution is -2.19. The molecule has 1 heterocycles. The molecule has 0 saturated carbocycles. The number of urea groups is 1. The van der Waals surface area contributed by atoms with Crippen LogP contribution in [0.25, 0.3) is 0 Å². The topological polar surface area (TPSA) is 91.3 Å². The van der Waals surface area contributed by atoms with Crippen LogP contribution in [-0.2, 0) is 0 Å². The van der Waals surface area contributed by atoms with Gasteiger partial charge in [0.1, 0.15) is 5.82 Å². The molecule has 0 unspecified atom stereocenters. The van der Waals surface area contributed by atoms with E-state index in [1.165, 1.54) is 17.4 Å². The van der Waals surface area contributed by atoms with Crippen LogP contribution < -0.4 is 10.6 Å². The number of halogens is 1. The van der Waals surface area contributed by atoms with Gasteiger partial charge < -0.3 is 10.4 Å². The van der Waals surface area contributed by atoms with Crippen molar-refractivity contribution >= 4 is 34.2 Å². The van der Waals surface area contributed by atoms with E-state index in [-0.39, 0.29) is 5.69 Å². The summed E-state index contributed by atoms with van der Waals surface area (Å²) in [7, 11) is 0. The summed E-state index contributed by atoms with van der Waals surface area (Å²) in [5.41, 5.74) is 0.447. The largest absolute Gasteiger partial charge is 0.478 e. The average molecular weight is 295 g/mol. The van der Waals surface area contributed by atoms with Crippen molar-refractivity contribution in [1.82, 2.24) is 4.98 Å². The highest BCUT2D eigenvalue weighted by molar-refractivity contribution is 7.13. The average Bonchev–Trinajstić information content (AvgIpc) is 2.76. The first-order valence-electron chi connectivity index (χ1n) is 5.48. The summed E-state index contributed by atoms with van der Waals surface area (Å²) in [6.45, 7) is 1.79. The highest BCUT2D eigenvalue weighted by atomic mass is 32.1. The van der Waals surface area contributed by atoms with E-state index in [1.54, 1.807) is 12.3 Å². The molecule has 104 valence electrons. The smallest absolute Gasteiger partial charge is 0.338 e. The molecule has 1 aromatic carbocycles. The summed E-state index contributed by atoms with van der Waals surface area (Å²) < 4.78 is 13.2. The van der Waals surface area contributed by atoms with Crippen LogP contribution in [0, 0.1) is 12.7 Å². The number of aromatic carboxylic acids is 1. The van der Waals surface area contributed by atoms with Gasteiger partial charge in [0.15, 0.2) is 5.13 Å². The van der Waals surface area contributed by atoms with Gasteiger partial charge in [-0.15, -0.1) is 11.3 Å². The number of aryl methyl sites for hydroxylation is 1.